The first-order valence-corrected chi connectivity index (χ1v) is 10.6. The number of aliphatic hydroxyl groups is 1. The largest absolute Gasteiger partial charge is 0.372 e. The highest BCUT2D eigenvalue weighted by Crippen LogP contribution is 2.30. The van der Waals surface area contributed by atoms with E-state index < -0.39 is 5.60 Å². The number of carbonyl (C=O) groups excluding carboxylic acids is 1. The van der Waals surface area contributed by atoms with E-state index in [0.717, 1.165) is 32.5 Å². The first kappa shape index (κ1) is 20.3. The van der Waals surface area contributed by atoms with E-state index in [1.54, 1.807) is 24.3 Å². The van der Waals surface area contributed by atoms with Gasteiger partial charge in [0, 0.05) is 19.1 Å². The van der Waals surface area contributed by atoms with Crippen molar-refractivity contribution >= 4 is 5.91 Å². The summed E-state index contributed by atoms with van der Waals surface area (Å²) in [6.07, 6.45) is 1.93. The monoisotopic (exact) mass is 400 g/mol. The molecule has 2 N–H and O–H groups in total. The molecule has 0 unspecified atom stereocenters. The summed E-state index contributed by atoms with van der Waals surface area (Å²) in [4.78, 5) is 15.8. The van der Waals surface area contributed by atoms with Crippen LogP contribution in [0.1, 0.15) is 29.5 Å². The molecule has 0 aliphatic carbocycles. The van der Waals surface area contributed by atoms with Gasteiger partial charge in [0.15, 0.2) is 5.60 Å². The zero-order valence-electron chi connectivity index (χ0n) is 17.1. The molecule has 0 aromatic heterocycles. The van der Waals surface area contributed by atoms with Gasteiger partial charge in [-0.2, -0.15) is 0 Å². The first-order valence-electron chi connectivity index (χ1n) is 10.6. The second kappa shape index (κ2) is 9.24. The lowest BCUT2D eigenvalue weighted by atomic mass is 9.85. The van der Waals surface area contributed by atoms with Gasteiger partial charge in [0.1, 0.15) is 0 Å². The Morgan fingerprint density at radius 3 is 2.00 bits per heavy atom. The summed E-state index contributed by atoms with van der Waals surface area (Å²) in [5.74, 6) is -0.369. The van der Waals surface area contributed by atoms with Crippen LogP contribution in [-0.2, 0) is 16.9 Å². The zero-order chi connectivity index (χ0) is 20.8. The molecule has 1 aliphatic rings. The molecule has 3 aromatic carbocycles. The summed E-state index contributed by atoms with van der Waals surface area (Å²) in [7, 11) is 0. The molecule has 1 fully saturated rings. The lowest BCUT2D eigenvalue weighted by molar-refractivity contribution is -0.137. The minimum Gasteiger partial charge on any atom is -0.372 e. The van der Waals surface area contributed by atoms with Crippen molar-refractivity contribution < 1.29 is 9.90 Å². The fraction of sp³-hybridized carbons (Fsp3) is 0.269. The molecule has 1 heterocycles. The molecule has 154 valence electrons. The number of piperidine rings is 1. The molecule has 1 aliphatic heterocycles. The maximum absolute atomic E-state index is 13.4. The van der Waals surface area contributed by atoms with Crippen LogP contribution in [0.3, 0.4) is 0 Å². The minimum absolute atomic E-state index is 0.00825. The zero-order valence-corrected chi connectivity index (χ0v) is 17.1. The van der Waals surface area contributed by atoms with Gasteiger partial charge in [-0.05, 0) is 36.1 Å². The average molecular weight is 401 g/mol. The Bertz CT molecular complexity index is 905. The van der Waals surface area contributed by atoms with E-state index in [1.165, 1.54) is 5.56 Å². The predicted molar refractivity (Wildman–Crippen MR) is 119 cm³/mol. The van der Waals surface area contributed by atoms with Gasteiger partial charge in [0.2, 0.25) is 0 Å². The number of nitrogens with zero attached hydrogens (tertiary/aromatic N) is 1. The van der Waals surface area contributed by atoms with Gasteiger partial charge < -0.3 is 10.4 Å². The number of nitrogens with one attached hydrogen (secondary N) is 1. The van der Waals surface area contributed by atoms with Crippen LogP contribution in [0.25, 0.3) is 0 Å². The van der Waals surface area contributed by atoms with Crippen molar-refractivity contribution in [2.45, 2.75) is 31.0 Å². The highest BCUT2D eigenvalue weighted by Gasteiger charge is 2.41. The highest BCUT2D eigenvalue weighted by atomic mass is 16.3. The lowest BCUT2D eigenvalue weighted by Crippen LogP contribution is -2.53. The van der Waals surface area contributed by atoms with Crippen molar-refractivity contribution in [1.82, 2.24) is 10.2 Å². The summed E-state index contributed by atoms with van der Waals surface area (Å²) in [5.41, 5.74) is 0.704. The van der Waals surface area contributed by atoms with Crippen molar-refractivity contribution in [1.29, 1.82) is 0 Å². The van der Waals surface area contributed by atoms with Gasteiger partial charge in [0.25, 0.3) is 5.91 Å². The second-order valence-electron chi connectivity index (χ2n) is 7.98. The maximum atomic E-state index is 13.4. The fourth-order valence-corrected chi connectivity index (χ4v) is 4.24. The third-order valence-corrected chi connectivity index (χ3v) is 5.80. The number of rotatable bonds is 6. The molecule has 0 radical (unpaired) electrons. The van der Waals surface area contributed by atoms with E-state index in [4.69, 9.17) is 0 Å². The van der Waals surface area contributed by atoms with Gasteiger partial charge in [0.05, 0.1) is 0 Å². The van der Waals surface area contributed by atoms with Crippen LogP contribution in [0, 0.1) is 0 Å². The van der Waals surface area contributed by atoms with Crippen LogP contribution in [0.5, 0.6) is 0 Å². The van der Waals surface area contributed by atoms with Gasteiger partial charge in [-0.15, -0.1) is 0 Å². The lowest BCUT2D eigenvalue weighted by Gasteiger charge is -2.36. The van der Waals surface area contributed by atoms with Crippen molar-refractivity contribution in [2.75, 3.05) is 13.1 Å². The molecule has 1 saturated heterocycles. The van der Waals surface area contributed by atoms with Crippen molar-refractivity contribution in [3.8, 4) is 0 Å². The van der Waals surface area contributed by atoms with Crippen LogP contribution in [-0.4, -0.2) is 35.0 Å². The molecule has 4 heteroatoms. The van der Waals surface area contributed by atoms with E-state index in [9.17, 15) is 9.90 Å². The predicted octanol–water partition coefficient (Wildman–Crippen LogP) is 3.70. The highest BCUT2D eigenvalue weighted by molar-refractivity contribution is 5.90. The van der Waals surface area contributed by atoms with Gasteiger partial charge >= 0.3 is 0 Å². The number of likely N-dealkylation sites (tertiary alicyclic amines) is 1. The van der Waals surface area contributed by atoms with Crippen molar-refractivity contribution in [3.63, 3.8) is 0 Å². The van der Waals surface area contributed by atoms with Crippen molar-refractivity contribution in [3.05, 3.63) is 108 Å². The Morgan fingerprint density at radius 2 is 1.43 bits per heavy atom. The molecule has 1 atom stereocenters. The normalized spacial score (nSPS) is 17.4. The Kier molecular flexibility index (Phi) is 6.26. The van der Waals surface area contributed by atoms with Gasteiger partial charge in [-0.25, -0.2) is 0 Å². The summed E-state index contributed by atoms with van der Waals surface area (Å²) in [6, 6.07) is 28.8. The molecule has 0 spiro atoms. The molecule has 0 bridgehead atoms. The molecule has 1 amide bonds. The molecule has 30 heavy (non-hydrogen) atoms. The van der Waals surface area contributed by atoms with Crippen LogP contribution in [0.4, 0.5) is 0 Å². The number of carbonyl (C=O) groups is 1. The molecular weight excluding hydrogens is 372 g/mol. The van der Waals surface area contributed by atoms with E-state index in [-0.39, 0.29) is 11.9 Å². The quantitative estimate of drug-likeness (QED) is 0.663. The standard InChI is InChI=1S/C26H28N2O2/c29-25(26(30,22-13-6-2-7-14-22)23-15-8-3-9-16-23)27-24-17-10-18-28(20-24)19-21-11-4-1-5-12-21/h1-9,11-16,24,30H,10,17-20H2,(H,27,29)/t24-/m0/s1. The Labute approximate surface area is 178 Å². The average Bonchev–Trinajstić information content (AvgIpc) is 2.80. The smallest absolute Gasteiger partial charge is 0.261 e. The Morgan fingerprint density at radius 1 is 0.900 bits per heavy atom. The number of benzene rings is 3. The number of hydrogen-bond acceptors (Lipinski definition) is 3. The summed E-state index contributed by atoms with van der Waals surface area (Å²) in [6.45, 7) is 2.66. The summed E-state index contributed by atoms with van der Waals surface area (Å²) in [5, 5.41) is 14.8. The molecule has 0 saturated carbocycles. The Balaban J connectivity index is 1.51. The topological polar surface area (TPSA) is 52.6 Å². The van der Waals surface area contributed by atoms with Gasteiger partial charge in [-0.3, -0.25) is 9.69 Å². The van der Waals surface area contributed by atoms with Crippen molar-refractivity contribution in [2.24, 2.45) is 0 Å². The number of amides is 1. The van der Waals surface area contributed by atoms with Crippen LogP contribution in [0.2, 0.25) is 0 Å². The van der Waals surface area contributed by atoms with E-state index in [1.807, 2.05) is 42.5 Å². The summed E-state index contributed by atoms with van der Waals surface area (Å²) < 4.78 is 0. The summed E-state index contributed by atoms with van der Waals surface area (Å²) >= 11 is 0. The third kappa shape index (κ3) is 4.45. The molecule has 4 rings (SSSR count). The molecule has 3 aromatic rings. The van der Waals surface area contributed by atoms with E-state index in [2.05, 4.69) is 34.5 Å². The van der Waals surface area contributed by atoms with E-state index in [0.29, 0.717) is 11.1 Å². The van der Waals surface area contributed by atoms with Gasteiger partial charge in [-0.1, -0.05) is 91.0 Å². The second-order valence-corrected chi connectivity index (χ2v) is 7.98. The minimum atomic E-state index is -1.72. The van der Waals surface area contributed by atoms with Crippen LogP contribution in [0.15, 0.2) is 91.0 Å². The molecular formula is C26H28N2O2. The first-order chi connectivity index (χ1) is 14.7. The van der Waals surface area contributed by atoms with Crippen LogP contribution < -0.4 is 5.32 Å². The SMILES string of the molecule is O=C(N[C@H]1CCCN(Cc2ccccc2)C1)C(O)(c1ccccc1)c1ccccc1. The third-order valence-electron chi connectivity index (χ3n) is 5.80. The maximum Gasteiger partial charge on any atom is 0.261 e. The fourth-order valence-electron chi connectivity index (χ4n) is 4.24. The van der Waals surface area contributed by atoms with Crippen LogP contribution >= 0.6 is 0 Å². The van der Waals surface area contributed by atoms with E-state index >= 15 is 0 Å². The Hall–Kier alpha value is -2.95. The number of hydrogen-bond donors (Lipinski definition) is 2. The molecule has 4 nitrogen and oxygen atoms in total.